The molecule has 0 saturated heterocycles. The fourth-order valence-electron chi connectivity index (χ4n) is 2.59. The van der Waals surface area contributed by atoms with Crippen LogP contribution in [-0.4, -0.2) is 25.7 Å². The molecule has 6 heteroatoms. The lowest BCUT2D eigenvalue weighted by atomic mass is 10.1. The van der Waals surface area contributed by atoms with Gasteiger partial charge in [0.1, 0.15) is 12.0 Å². The highest BCUT2D eigenvalue weighted by atomic mass is 32.2. The molecule has 3 rings (SSSR count). The number of aromatic hydroxyl groups is 1. The highest BCUT2D eigenvalue weighted by molar-refractivity contribution is 7.97. The summed E-state index contributed by atoms with van der Waals surface area (Å²) < 4.78 is 19.5. The topological polar surface area (TPSA) is 70.8 Å². The molecule has 1 unspecified atom stereocenters. The fourth-order valence-corrected chi connectivity index (χ4v) is 3.41. The van der Waals surface area contributed by atoms with Crippen molar-refractivity contribution in [3.8, 4) is 17.6 Å². The molecule has 1 heterocycles. The third kappa shape index (κ3) is 5.85. The SMILES string of the molecule is C=S(C)(=O)N(Cc1ccc(C#Cc2ccccc2)cc1)Cc1cc(=O)c(O)co1. The van der Waals surface area contributed by atoms with Gasteiger partial charge in [-0.3, -0.25) is 9.00 Å². The molecule has 0 radical (unpaired) electrons. The highest BCUT2D eigenvalue weighted by Gasteiger charge is 2.15. The van der Waals surface area contributed by atoms with Gasteiger partial charge in [-0.15, -0.1) is 0 Å². The highest BCUT2D eigenvalue weighted by Crippen LogP contribution is 2.15. The Bertz CT molecular complexity index is 1200. The molecule has 0 fully saturated rings. The van der Waals surface area contributed by atoms with Gasteiger partial charge in [0.25, 0.3) is 0 Å². The summed E-state index contributed by atoms with van der Waals surface area (Å²) in [6.07, 6.45) is 2.52. The molecule has 0 spiro atoms. The van der Waals surface area contributed by atoms with Crippen LogP contribution in [0.25, 0.3) is 0 Å². The molecule has 148 valence electrons. The zero-order valence-electron chi connectivity index (χ0n) is 16.0. The molecule has 3 aromatic rings. The molecule has 0 aliphatic carbocycles. The van der Waals surface area contributed by atoms with Crippen LogP contribution in [0.1, 0.15) is 22.5 Å². The largest absolute Gasteiger partial charge is 0.502 e. The van der Waals surface area contributed by atoms with E-state index >= 15 is 0 Å². The van der Waals surface area contributed by atoms with E-state index in [0.717, 1.165) is 23.0 Å². The first-order valence-electron chi connectivity index (χ1n) is 8.85. The molecule has 0 aliphatic heterocycles. The van der Waals surface area contributed by atoms with Crippen molar-refractivity contribution in [2.75, 3.05) is 6.26 Å². The Morgan fingerprint density at radius 2 is 1.66 bits per heavy atom. The van der Waals surface area contributed by atoms with Crippen molar-refractivity contribution in [1.29, 1.82) is 0 Å². The molecule has 1 N–H and O–H groups in total. The van der Waals surface area contributed by atoms with Gasteiger partial charge in [0.15, 0.2) is 5.75 Å². The maximum Gasteiger partial charge on any atom is 0.226 e. The van der Waals surface area contributed by atoms with Crippen LogP contribution in [0.4, 0.5) is 0 Å². The number of rotatable bonds is 5. The molecule has 1 atom stereocenters. The minimum atomic E-state index is -2.56. The van der Waals surface area contributed by atoms with Crippen LogP contribution < -0.4 is 5.43 Å². The number of nitrogens with zero attached hydrogens (tertiary/aromatic N) is 1. The fraction of sp³-hybridized carbons (Fsp3) is 0.130. The Kier molecular flexibility index (Phi) is 6.23. The second-order valence-corrected chi connectivity index (χ2v) is 9.10. The lowest BCUT2D eigenvalue weighted by Crippen LogP contribution is -2.29. The Labute approximate surface area is 170 Å². The van der Waals surface area contributed by atoms with Gasteiger partial charge in [-0.2, -0.15) is 0 Å². The summed E-state index contributed by atoms with van der Waals surface area (Å²) in [4.78, 5) is 11.6. The van der Waals surface area contributed by atoms with Crippen molar-refractivity contribution < 1.29 is 13.7 Å². The molecular formula is C23H21NO4S. The quantitative estimate of drug-likeness (QED) is 0.521. The molecule has 1 aromatic heterocycles. The Hall–Kier alpha value is -3.27. The van der Waals surface area contributed by atoms with Gasteiger partial charge >= 0.3 is 0 Å². The maximum absolute atomic E-state index is 12.6. The van der Waals surface area contributed by atoms with Crippen LogP contribution in [0.3, 0.4) is 0 Å². The van der Waals surface area contributed by atoms with Crippen molar-refractivity contribution in [2.24, 2.45) is 0 Å². The minimum absolute atomic E-state index is 0.129. The van der Waals surface area contributed by atoms with E-state index in [9.17, 15) is 14.1 Å². The van der Waals surface area contributed by atoms with Gasteiger partial charge in [-0.25, -0.2) is 4.31 Å². The summed E-state index contributed by atoms with van der Waals surface area (Å²) in [7, 11) is -2.56. The van der Waals surface area contributed by atoms with Gasteiger partial charge in [0.2, 0.25) is 5.43 Å². The minimum Gasteiger partial charge on any atom is -0.502 e. The van der Waals surface area contributed by atoms with E-state index in [1.54, 1.807) is 4.31 Å². The average molecular weight is 407 g/mol. The molecule has 0 saturated carbocycles. The molecule has 29 heavy (non-hydrogen) atoms. The van der Waals surface area contributed by atoms with E-state index in [0.29, 0.717) is 12.3 Å². The zero-order valence-corrected chi connectivity index (χ0v) is 16.8. The van der Waals surface area contributed by atoms with Crippen molar-refractivity contribution in [2.45, 2.75) is 13.1 Å². The Morgan fingerprint density at radius 3 is 2.24 bits per heavy atom. The third-order valence-corrected chi connectivity index (χ3v) is 5.53. The van der Waals surface area contributed by atoms with E-state index in [1.807, 2.05) is 54.6 Å². The van der Waals surface area contributed by atoms with E-state index < -0.39 is 20.9 Å². The summed E-state index contributed by atoms with van der Waals surface area (Å²) >= 11 is 0. The van der Waals surface area contributed by atoms with E-state index in [1.165, 1.54) is 12.3 Å². The average Bonchev–Trinajstić information content (AvgIpc) is 2.70. The van der Waals surface area contributed by atoms with Crippen molar-refractivity contribution in [1.82, 2.24) is 4.31 Å². The van der Waals surface area contributed by atoms with Gasteiger partial charge in [-0.1, -0.05) is 42.2 Å². The summed E-state index contributed by atoms with van der Waals surface area (Å²) in [5.41, 5.74) is 2.20. The van der Waals surface area contributed by atoms with Crippen LogP contribution in [0, 0.1) is 11.8 Å². The van der Waals surface area contributed by atoms with Crippen molar-refractivity contribution in [3.63, 3.8) is 0 Å². The van der Waals surface area contributed by atoms with Gasteiger partial charge in [-0.05, 0) is 35.7 Å². The van der Waals surface area contributed by atoms with Crippen LogP contribution in [0.5, 0.6) is 5.75 Å². The monoisotopic (exact) mass is 407 g/mol. The molecule has 5 nitrogen and oxygen atoms in total. The summed E-state index contributed by atoms with van der Waals surface area (Å²) in [5, 5.41) is 9.32. The molecular weight excluding hydrogens is 386 g/mol. The number of hydrogen-bond donors (Lipinski definition) is 1. The molecule has 0 aliphatic rings. The summed E-state index contributed by atoms with van der Waals surface area (Å²) in [6, 6.07) is 18.6. The first-order chi connectivity index (χ1) is 13.8. The lowest BCUT2D eigenvalue weighted by molar-refractivity contribution is 0.356. The first kappa shape index (κ1) is 20.5. The maximum atomic E-state index is 12.6. The second kappa shape index (κ2) is 8.82. The van der Waals surface area contributed by atoms with E-state index in [2.05, 4.69) is 17.7 Å². The smallest absolute Gasteiger partial charge is 0.226 e. The standard InChI is InChI=1S/C23H21NO4S/c1-29(2,27)24(16-21-14-22(25)23(26)17-28-21)15-20-12-10-19(11-13-20)9-8-18-6-4-3-5-7-18/h3-7,10-14,17,26H,1,15-16H2,2H3. The van der Waals surface area contributed by atoms with Crippen LogP contribution in [0.2, 0.25) is 0 Å². The van der Waals surface area contributed by atoms with Gasteiger partial charge < -0.3 is 9.52 Å². The molecule has 0 amide bonds. The molecule has 2 aromatic carbocycles. The van der Waals surface area contributed by atoms with Gasteiger partial charge in [0, 0.05) is 39.7 Å². The predicted molar refractivity (Wildman–Crippen MR) is 116 cm³/mol. The first-order valence-corrected chi connectivity index (χ1v) is 10.9. The van der Waals surface area contributed by atoms with E-state index in [-0.39, 0.29) is 6.54 Å². The number of benzene rings is 2. The lowest BCUT2D eigenvalue weighted by Gasteiger charge is -2.23. The predicted octanol–water partition coefficient (Wildman–Crippen LogP) is 3.01. The van der Waals surface area contributed by atoms with Crippen LogP contribution in [0.15, 0.2) is 76.1 Å². The Balaban J connectivity index is 1.75. The summed E-state index contributed by atoms with van der Waals surface area (Å²) in [5.74, 6) is 9.82. The van der Waals surface area contributed by atoms with Gasteiger partial charge in [0.05, 0.1) is 6.54 Å². The zero-order chi connectivity index (χ0) is 20.9. The van der Waals surface area contributed by atoms with E-state index in [4.69, 9.17) is 4.42 Å². The summed E-state index contributed by atoms with van der Waals surface area (Å²) in [6.45, 7) is 0.486. The number of hydrogen-bond acceptors (Lipinski definition) is 4. The third-order valence-electron chi connectivity index (χ3n) is 4.18. The van der Waals surface area contributed by atoms with Crippen LogP contribution in [-0.2, 0) is 22.8 Å². The second-order valence-electron chi connectivity index (χ2n) is 6.67. The van der Waals surface area contributed by atoms with Crippen LogP contribution >= 0.6 is 0 Å². The Morgan fingerprint density at radius 1 is 1.03 bits per heavy atom. The molecule has 0 bridgehead atoms. The normalized spacial score (nSPS) is 12.8. The van der Waals surface area contributed by atoms with Crippen molar-refractivity contribution >= 4 is 15.6 Å². The van der Waals surface area contributed by atoms with Crippen molar-refractivity contribution in [3.05, 3.63) is 99.6 Å².